The lowest BCUT2D eigenvalue weighted by atomic mass is 9.85. The smallest absolute Gasteiger partial charge is 0.408 e. The average molecular weight is 817 g/mol. The van der Waals surface area contributed by atoms with Gasteiger partial charge in [0.15, 0.2) is 5.13 Å². The first-order valence-corrected chi connectivity index (χ1v) is 20.9. The fraction of sp³-hybridized carbons (Fsp3) is 0.548. The summed E-state index contributed by atoms with van der Waals surface area (Å²) >= 11 is 1.29. The minimum Gasteiger partial charge on any atom is -0.497 e. The third-order valence-electron chi connectivity index (χ3n) is 11.8. The summed E-state index contributed by atoms with van der Waals surface area (Å²) in [6.07, 6.45) is 7.39. The van der Waals surface area contributed by atoms with E-state index in [0.717, 1.165) is 44.9 Å². The molecule has 5 atom stereocenters. The molecule has 4 aliphatic rings. The lowest BCUT2D eigenvalue weighted by Crippen LogP contribution is -2.59. The number of likely N-dealkylation sites (tertiary alicyclic amines) is 1. The number of carboxylic acids is 1. The van der Waals surface area contributed by atoms with Crippen molar-refractivity contribution in [1.82, 2.24) is 25.5 Å². The molecule has 1 aromatic carbocycles. The SMILES string of the molecule is C=C[C@@H]1C[C@]1(NC(=O)[C@H]1C[C@@H](Oc2cc(-c3csc(NC(=O)CC4CCCC4)n3)nc3cc(OC)ccc23)CN1C(=O)[C@@H](NC(=O)OC1CCC1)C(C)(C)C)C(=O)O. The van der Waals surface area contributed by atoms with Crippen LogP contribution in [-0.4, -0.2) is 93.2 Å². The van der Waals surface area contributed by atoms with Gasteiger partial charge in [-0.05, 0) is 62.0 Å². The summed E-state index contributed by atoms with van der Waals surface area (Å²) in [6.45, 7) is 9.10. The number of amides is 4. The van der Waals surface area contributed by atoms with Gasteiger partial charge in [-0.1, -0.05) is 39.7 Å². The van der Waals surface area contributed by atoms with Gasteiger partial charge in [-0.3, -0.25) is 14.4 Å². The molecule has 0 bridgehead atoms. The normalized spacial score (nSPS) is 23.7. The summed E-state index contributed by atoms with van der Waals surface area (Å²) in [5.41, 5.74) is -0.790. The number of carbonyl (C=O) groups excluding carboxylic acids is 4. The maximum atomic E-state index is 14.6. The molecule has 7 rings (SSSR count). The Morgan fingerprint density at radius 3 is 2.45 bits per heavy atom. The van der Waals surface area contributed by atoms with Crippen molar-refractivity contribution in [2.24, 2.45) is 17.3 Å². The molecule has 16 heteroatoms. The predicted molar refractivity (Wildman–Crippen MR) is 216 cm³/mol. The molecule has 4 fully saturated rings. The maximum Gasteiger partial charge on any atom is 0.408 e. The maximum absolute atomic E-state index is 14.6. The Balaban J connectivity index is 1.17. The molecule has 3 aliphatic carbocycles. The number of thiazole rings is 1. The van der Waals surface area contributed by atoms with E-state index >= 15 is 0 Å². The van der Waals surface area contributed by atoms with E-state index in [4.69, 9.17) is 19.2 Å². The number of hydrogen-bond acceptors (Lipinski definition) is 11. The molecule has 58 heavy (non-hydrogen) atoms. The zero-order valence-electron chi connectivity index (χ0n) is 33.4. The van der Waals surface area contributed by atoms with E-state index in [-0.39, 0.29) is 31.4 Å². The topological polar surface area (TPSA) is 198 Å². The van der Waals surface area contributed by atoms with Crippen LogP contribution in [0.1, 0.15) is 85.0 Å². The molecule has 4 amide bonds. The molecule has 1 saturated heterocycles. The van der Waals surface area contributed by atoms with Crippen molar-refractivity contribution in [3.8, 4) is 22.9 Å². The summed E-state index contributed by atoms with van der Waals surface area (Å²) in [6, 6.07) is 4.88. The molecular formula is C42H52N6O9S. The molecule has 310 valence electrons. The van der Waals surface area contributed by atoms with Crippen LogP contribution < -0.4 is 25.4 Å². The number of hydrogen-bond donors (Lipinski definition) is 4. The first kappa shape index (κ1) is 40.9. The highest BCUT2D eigenvalue weighted by Crippen LogP contribution is 2.45. The summed E-state index contributed by atoms with van der Waals surface area (Å²) in [5, 5.41) is 21.4. The van der Waals surface area contributed by atoms with E-state index in [1.807, 2.05) is 11.4 Å². The van der Waals surface area contributed by atoms with Gasteiger partial charge in [0.2, 0.25) is 17.7 Å². The van der Waals surface area contributed by atoms with Gasteiger partial charge in [-0.2, -0.15) is 0 Å². The number of alkyl carbamates (subject to hydrolysis) is 1. The van der Waals surface area contributed by atoms with E-state index in [2.05, 4.69) is 27.5 Å². The first-order chi connectivity index (χ1) is 27.7. The third-order valence-corrected chi connectivity index (χ3v) is 12.6. The minimum absolute atomic E-state index is 0.0264. The summed E-state index contributed by atoms with van der Waals surface area (Å²) in [5.74, 6) is -1.53. The number of aliphatic carboxylic acids is 1. The van der Waals surface area contributed by atoms with E-state index in [9.17, 15) is 29.1 Å². The van der Waals surface area contributed by atoms with Gasteiger partial charge < -0.3 is 40.2 Å². The summed E-state index contributed by atoms with van der Waals surface area (Å²) in [7, 11) is 1.55. The van der Waals surface area contributed by atoms with Crippen molar-refractivity contribution in [3.63, 3.8) is 0 Å². The van der Waals surface area contributed by atoms with Crippen LogP contribution in [0.25, 0.3) is 22.3 Å². The van der Waals surface area contributed by atoms with Crippen LogP contribution in [0.3, 0.4) is 0 Å². The van der Waals surface area contributed by atoms with Crippen molar-refractivity contribution < 1.29 is 43.3 Å². The van der Waals surface area contributed by atoms with Crippen molar-refractivity contribution >= 4 is 57.2 Å². The van der Waals surface area contributed by atoms with Crippen LogP contribution in [0.4, 0.5) is 9.93 Å². The van der Waals surface area contributed by atoms with Gasteiger partial charge in [-0.15, -0.1) is 17.9 Å². The number of benzene rings is 1. The highest BCUT2D eigenvalue weighted by atomic mass is 32.1. The lowest BCUT2D eigenvalue weighted by Gasteiger charge is -2.36. The van der Waals surface area contributed by atoms with Gasteiger partial charge in [0, 0.05) is 41.7 Å². The van der Waals surface area contributed by atoms with Crippen LogP contribution in [0.5, 0.6) is 11.5 Å². The molecule has 4 N–H and O–H groups in total. The highest BCUT2D eigenvalue weighted by Gasteiger charge is 2.61. The number of carboxylic acid groups (broad SMARTS) is 1. The number of fused-ring (bicyclic) bond motifs is 1. The molecular weight excluding hydrogens is 765 g/mol. The quantitative estimate of drug-likeness (QED) is 0.138. The van der Waals surface area contributed by atoms with Crippen molar-refractivity contribution in [2.75, 3.05) is 19.0 Å². The Bertz CT molecular complexity index is 2090. The van der Waals surface area contributed by atoms with Crippen LogP contribution in [-0.2, 0) is 23.9 Å². The fourth-order valence-corrected chi connectivity index (χ4v) is 8.83. The van der Waals surface area contributed by atoms with Crippen LogP contribution in [0.15, 0.2) is 42.3 Å². The Morgan fingerprint density at radius 2 is 1.81 bits per heavy atom. The van der Waals surface area contributed by atoms with Crippen molar-refractivity contribution in [3.05, 3.63) is 42.3 Å². The molecule has 1 aliphatic heterocycles. The molecule has 2 aromatic heterocycles. The van der Waals surface area contributed by atoms with Crippen molar-refractivity contribution in [1.29, 1.82) is 0 Å². The summed E-state index contributed by atoms with van der Waals surface area (Å²) < 4.78 is 17.7. The third kappa shape index (κ3) is 8.76. The number of nitrogens with zero attached hydrogens (tertiary/aromatic N) is 3. The second kappa shape index (κ2) is 16.5. The number of nitrogens with one attached hydrogen (secondary N) is 3. The van der Waals surface area contributed by atoms with Gasteiger partial charge in [0.25, 0.3) is 0 Å². The van der Waals surface area contributed by atoms with Crippen LogP contribution >= 0.6 is 11.3 Å². The van der Waals surface area contributed by atoms with E-state index in [0.29, 0.717) is 51.3 Å². The van der Waals surface area contributed by atoms with Gasteiger partial charge in [-0.25, -0.2) is 19.6 Å². The largest absolute Gasteiger partial charge is 0.497 e. The van der Waals surface area contributed by atoms with Crippen LogP contribution in [0.2, 0.25) is 0 Å². The Labute approximate surface area is 341 Å². The number of anilines is 1. The lowest BCUT2D eigenvalue weighted by molar-refractivity contribution is -0.146. The van der Waals surface area contributed by atoms with Crippen LogP contribution in [0, 0.1) is 17.3 Å². The average Bonchev–Trinajstić information content (AvgIpc) is 3.57. The number of carbonyl (C=O) groups is 5. The second-order valence-electron chi connectivity index (χ2n) is 17.0. The number of pyridine rings is 1. The van der Waals surface area contributed by atoms with E-state index < -0.39 is 58.9 Å². The Morgan fingerprint density at radius 1 is 1.05 bits per heavy atom. The second-order valence-corrected chi connectivity index (χ2v) is 17.9. The molecule has 3 heterocycles. The molecule has 3 saturated carbocycles. The molecule has 0 unspecified atom stereocenters. The number of rotatable bonds is 14. The summed E-state index contributed by atoms with van der Waals surface area (Å²) in [4.78, 5) is 77.8. The van der Waals surface area contributed by atoms with Gasteiger partial charge in [0.05, 0.1) is 24.9 Å². The molecule has 15 nitrogen and oxygen atoms in total. The fourth-order valence-electron chi connectivity index (χ4n) is 8.11. The zero-order chi connectivity index (χ0) is 41.4. The zero-order valence-corrected chi connectivity index (χ0v) is 34.2. The van der Waals surface area contributed by atoms with Gasteiger partial charge >= 0.3 is 12.1 Å². The molecule has 0 spiro atoms. The van der Waals surface area contributed by atoms with E-state index in [1.54, 1.807) is 46.1 Å². The van der Waals surface area contributed by atoms with Gasteiger partial charge in [0.1, 0.15) is 47.0 Å². The van der Waals surface area contributed by atoms with Crippen molar-refractivity contribution in [2.45, 2.75) is 115 Å². The highest BCUT2D eigenvalue weighted by molar-refractivity contribution is 7.14. The number of ether oxygens (including phenoxy) is 3. The minimum atomic E-state index is -1.53. The first-order valence-electron chi connectivity index (χ1n) is 20.0. The monoisotopic (exact) mass is 816 g/mol. The predicted octanol–water partition coefficient (Wildman–Crippen LogP) is 6.07. The number of aromatic nitrogens is 2. The Hall–Kier alpha value is -5.25. The molecule has 0 radical (unpaired) electrons. The van der Waals surface area contributed by atoms with E-state index in [1.165, 1.54) is 22.3 Å². The molecule has 3 aromatic rings. The number of methoxy groups -OCH3 is 1. The standard InChI is InChI=1S/C42H52N6O9S/c1-6-24-20-42(24,38(52)53)47-36(50)32-18-27(21-48(32)37(51)35(41(2,3)4)46-40(54)57-25-12-9-13-25)56-33-19-30(43-29-17-26(55-5)14-15-28(29)33)31-22-58-39(44-31)45-34(49)16-23-10-7-8-11-23/h6,14-15,17,19,22-25,27,32,35H,1,7-13,16,18,20-21H2,2-5H3,(H,46,54)(H,47,50)(H,52,53)(H,44,45,49)/t24-,27-,32-,35-,42-/m1/s1. The Kier molecular flexibility index (Phi) is 11.7.